The number of anilines is 1. The summed E-state index contributed by atoms with van der Waals surface area (Å²) in [5, 5.41) is 0. The summed E-state index contributed by atoms with van der Waals surface area (Å²) >= 11 is 0. The Morgan fingerprint density at radius 2 is 1.46 bits per heavy atom. The summed E-state index contributed by atoms with van der Waals surface area (Å²) in [6, 6.07) is 14.5. The summed E-state index contributed by atoms with van der Waals surface area (Å²) < 4.78 is 34.0. The number of halogens is 1. The Hall–Kier alpha value is -2.22. The van der Waals surface area contributed by atoms with Gasteiger partial charge < -0.3 is 4.90 Å². The first-order chi connectivity index (χ1) is 11.3. The molecule has 1 aromatic heterocycles. The zero-order valence-electron chi connectivity index (χ0n) is 13.4. The van der Waals surface area contributed by atoms with Gasteiger partial charge in [-0.1, -0.05) is 30.4 Å². The summed E-state index contributed by atoms with van der Waals surface area (Å²) in [5.74, 6) is 0. The van der Waals surface area contributed by atoms with Crippen LogP contribution in [0.25, 0.3) is 12.2 Å². The number of pyridine rings is 1. The lowest BCUT2D eigenvalue weighted by molar-refractivity contribution is -2.00. The fourth-order valence-corrected chi connectivity index (χ4v) is 1.72. The summed E-state index contributed by atoms with van der Waals surface area (Å²) in [4.78, 5) is 5.26. The van der Waals surface area contributed by atoms with Gasteiger partial charge in [0, 0.05) is 38.0 Å². The summed E-state index contributed by atoms with van der Waals surface area (Å²) in [7, 11) is -0.853. The maximum atomic E-state index is 8.49. The van der Waals surface area contributed by atoms with Gasteiger partial charge in [-0.2, -0.15) is 0 Å². The van der Waals surface area contributed by atoms with E-state index in [9.17, 15) is 0 Å². The molecule has 24 heavy (non-hydrogen) atoms. The molecule has 0 amide bonds. The normalized spacial score (nSPS) is 11.4. The molecule has 2 aromatic rings. The van der Waals surface area contributed by atoms with E-state index in [4.69, 9.17) is 18.6 Å². The van der Waals surface area contributed by atoms with Crippen molar-refractivity contribution < 1.29 is 33.9 Å². The second-order valence-corrected chi connectivity index (χ2v) is 5.66. The number of rotatable bonds is 4. The Kier molecular flexibility index (Phi) is 8.11. The fraction of sp³-hybridized carbons (Fsp3) is 0.118. The van der Waals surface area contributed by atoms with Crippen molar-refractivity contribution in [1.29, 1.82) is 0 Å². The maximum absolute atomic E-state index is 8.49. The highest BCUT2D eigenvalue weighted by molar-refractivity contribution is 5.58. The Balaban J connectivity index is 0.000000505. The monoisotopic (exact) mass is 350 g/mol. The number of allylic oxidation sites excluding steroid dienone is 2. The predicted molar refractivity (Wildman–Crippen MR) is 81.8 cm³/mol. The molecule has 0 radical (unpaired) electrons. The molecule has 0 atom stereocenters. The number of hydrogen-bond acceptors (Lipinski definition) is 5. The quantitative estimate of drug-likeness (QED) is 0.626. The highest BCUT2D eigenvalue weighted by atomic mass is 35.7. The Morgan fingerprint density at radius 3 is 1.96 bits per heavy atom. The van der Waals surface area contributed by atoms with Crippen LogP contribution >= 0.6 is 0 Å². The van der Waals surface area contributed by atoms with Crippen LogP contribution in [0.5, 0.6) is 0 Å². The Bertz CT molecular complexity index is 645. The minimum Gasteiger partial charge on any atom is -0.378 e. The van der Waals surface area contributed by atoms with Crippen LogP contribution in [0.4, 0.5) is 5.69 Å². The first kappa shape index (κ1) is 19.8. The topological polar surface area (TPSA) is 110 Å². The zero-order chi connectivity index (χ0) is 18.0. The van der Waals surface area contributed by atoms with Crippen LogP contribution in [0.2, 0.25) is 0 Å². The fourth-order valence-electron chi connectivity index (χ4n) is 1.72. The summed E-state index contributed by atoms with van der Waals surface area (Å²) in [6.45, 7) is 0. The standard InChI is InChI=1S/C17H18N2.ClHO4/c1-19(2)17-12-10-15(11-13-17)7-3-4-8-16-9-5-6-14-18-16;2-1(3,4)5/h3-14H,1-2H3;(H,2,3,4,5). The van der Waals surface area contributed by atoms with Crippen LogP contribution in [0.15, 0.2) is 60.8 Å². The van der Waals surface area contributed by atoms with Gasteiger partial charge in [-0.3, -0.25) is 0 Å². The van der Waals surface area contributed by atoms with Crippen LogP contribution in [0.3, 0.4) is 0 Å². The molecular weight excluding hydrogens is 332 g/mol. The van der Waals surface area contributed by atoms with E-state index in [2.05, 4.69) is 40.2 Å². The molecule has 0 aliphatic carbocycles. The molecule has 0 bridgehead atoms. The molecule has 0 aliphatic heterocycles. The summed E-state index contributed by atoms with van der Waals surface area (Å²) in [5.41, 5.74) is 3.51. The van der Waals surface area contributed by atoms with Gasteiger partial charge in [-0.25, -0.2) is 23.6 Å². The third-order valence-electron chi connectivity index (χ3n) is 2.82. The molecule has 6 nitrogen and oxygen atoms in total. The van der Waals surface area contributed by atoms with Crippen molar-refractivity contribution in [2.45, 2.75) is 0 Å². The molecule has 1 heterocycles. The van der Waals surface area contributed by atoms with Crippen molar-refractivity contribution in [2.75, 3.05) is 19.0 Å². The van der Waals surface area contributed by atoms with Gasteiger partial charge in [0.1, 0.15) is 0 Å². The first-order valence-corrected chi connectivity index (χ1v) is 8.20. The molecule has 2 rings (SSSR count). The van der Waals surface area contributed by atoms with Crippen molar-refractivity contribution in [2.24, 2.45) is 0 Å². The second-order valence-electron chi connectivity index (χ2n) is 4.90. The van der Waals surface area contributed by atoms with E-state index in [1.54, 1.807) is 0 Å². The average molecular weight is 351 g/mol. The van der Waals surface area contributed by atoms with Gasteiger partial charge in [0.2, 0.25) is 5.69 Å². The number of H-pyrrole nitrogens is 1. The number of aromatic nitrogens is 1. The van der Waals surface area contributed by atoms with Crippen LogP contribution in [-0.2, 0) is 0 Å². The first-order valence-electron chi connectivity index (χ1n) is 6.96. The van der Waals surface area contributed by atoms with Gasteiger partial charge in [-0.15, -0.1) is 10.2 Å². The van der Waals surface area contributed by atoms with E-state index >= 15 is 0 Å². The smallest absolute Gasteiger partial charge is 0.203 e. The molecular formula is C17H19ClN2O4. The molecule has 7 heteroatoms. The number of hydrogen-bond donors (Lipinski definition) is 0. The van der Waals surface area contributed by atoms with E-state index < -0.39 is 10.2 Å². The zero-order valence-corrected chi connectivity index (χ0v) is 14.1. The molecule has 0 spiro atoms. The van der Waals surface area contributed by atoms with E-state index in [0.29, 0.717) is 0 Å². The highest BCUT2D eigenvalue weighted by Gasteiger charge is 1.93. The Morgan fingerprint density at radius 1 is 0.875 bits per heavy atom. The predicted octanol–water partition coefficient (Wildman–Crippen LogP) is -1.46. The van der Waals surface area contributed by atoms with Crippen LogP contribution in [0.1, 0.15) is 11.3 Å². The van der Waals surface area contributed by atoms with E-state index in [0.717, 1.165) is 5.69 Å². The lowest BCUT2D eigenvalue weighted by Crippen LogP contribution is -2.68. The van der Waals surface area contributed by atoms with E-state index in [-0.39, 0.29) is 0 Å². The van der Waals surface area contributed by atoms with Crippen LogP contribution < -0.4 is 28.5 Å². The van der Waals surface area contributed by atoms with Gasteiger partial charge in [-0.05, 0) is 23.8 Å². The van der Waals surface area contributed by atoms with Crippen molar-refractivity contribution in [3.63, 3.8) is 0 Å². The third-order valence-corrected chi connectivity index (χ3v) is 2.82. The minimum absolute atomic E-state index is 1.09. The largest absolute Gasteiger partial charge is 0.378 e. The van der Waals surface area contributed by atoms with Crippen LogP contribution in [-0.4, -0.2) is 14.1 Å². The SMILES string of the molecule is CN(C)c1ccc(C=CC=Cc2cccc[nH+]2)cc1.[O-][Cl+3]([O-])([O-])[O-]. The van der Waals surface area contributed by atoms with Gasteiger partial charge >= 0.3 is 0 Å². The van der Waals surface area contributed by atoms with Crippen molar-refractivity contribution in [3.05, 3.63) is 72.1 Å². The van der Waals surface area contributed by atoms with Gasteiger partial charge in [0.25, 0.3) is 0 Å². The molecule has 0 saturated carbocycles. The van der Waals surface area contributed by atoms with E-state index in [1.807, 2.05) is 56.7 Å². The van der Waals surface area contributed by atoms with E-state index in [1.165, 1.54) is 11.3 Å². The molecule has 0 unspecified atom stereocenters. The summed E-state index contributed by atoms with van der Waals surface area (Å²) in [6.07, 6.45) is 10.1. The molecule has 0 aliphatic rings. The van der Waals surface area contributed by atoms with Gasteiger partial charge in [0.05, 0.1) is 0 Å². The Labute approximate surface area is 143 Å². The van der Waals surface area contributed by atoms with Crippen molar-refractivity contribution >= 4 is 17.8 Å². The van der Waals surface area contributed by atoms with Crippen molar-refractivity contribution in [3.8, 4) is 0 Å². The minimum atomic E-state index is -4.94. The number of benzene rings is 1. The number of nitrogens with one attached hydrogen (secondary N) is 1. The molecule has 1 aromatic carbocycles. The van der Waals surface area contributed by atoms with Crippen LogP contribution in [0, 0.1) is 10.2 Å². The number of nitrogens with zero attached hydrogens (tertiary/aromatic N) is 1. The van der Waals surface area contributed by atoms with Crippen molar-refractivity contribution in [1.82, 2.24) is 0 Å². The lowest BCUT2D eigenvalue weighted by Gasteiger charge is -2.17. The van der Waals surface area contributed by atoms with Gasteiger partial charge in [0.15, 0.2) is 6.20 Å². The molecule has 0 saturated heterocycles. The number of aromatic amines is 1. The maximum Gasteiger partial charge on any atom is 0.203 e. The molecule has 128 valence electrons. The average Bonchev–Trinajstić information content (AvgIpc) is 2.51. The highest BCUT2D eigenvalue weighted by Crippen LogP contribution is 2.13. The second kappa shape index (κ2) is 9.82. The lowest BCUT2D eigenvalue weighted by atomic mass is 10.2. The molecule has 1 N–H and O–H groups in total. The third kappa shape index (κ3) is 9.73. The molecule has 0 fully saturated rings.